The molecule has 0 aliphatic carbocycles. The van der Waals surface area contributed by atoms with Crippen molar-refractivity contribution in [3.63, 3.8) is 0 Å². The zero-order valence-electron chi connectivity index (χ0n) is 21.1. The lowest BCUT2D eigenvalue weighted by Crippen LogP contribution is -2.44. The Balaban J connectivity index is 1.66. The summed E-state index contributed by atoms with van der Waals surface area (Å²) in [5.41, 5.74) is 3.44. The highest BCUT2D eigenvalue weighted by Crippen LogP contribution is 2.47. The van der Waals surface area contributed by atoms with Gasteiger partial charge in [0.15, 0.2) is 5.60 Å². The van der Waals surface area contributed by atoms with Gasteiger partial charge in [-0.15, -0.1) is 0 Å². The topological polar surface area (TPSA) is 100 Å². The molecule has 0 unspecified atom stereocenters. The molecule has 0 bridgehead atoms. The molecular formula is C27H29N5O4. The van der Waals surface area contributed by atoms with Crippen molar-refractivity contribution in [2.75, 3.05) is 25.5 Å². The van der Waals surface area contributed by atoms with E-state index >= 15 is 0 Å². The maximum absolute atomic E-state index is 13.7. The Kier molecular flexibility index (Phi) is 4.82. The number of fused-ring (bicyclic) bond motifs is 5. The highest BCUT2D eigenvalue weighted by atomic mass is 16.6. The molecule has 0 radical (unpaired) electrons. The van der Waals surface area contributed by atoms with E-state index < -0.39 is 11.6 Å². The number of esters is 1. The molecule has 0 amide bonds. The quantitative estimate of drug-likeness (QED) is 0.443. The Hall–Kier alpha value is -3.72. The SMILES string of the molecule is CC[C@@]1(O)C(=O)OCc2c1cc1n(c2=O)Cc2c-1nc1cccc3c1c2N(CC(C)C)C(N(C)C)=N3. The Morgan fingerprint density at radius 3 is 2.69 bits per heavy atom. The molecule has 9 heteroatoms. The van der Waals surface area contributed by atoms with E-state index in [4.69, 9.17) is 14.7 Å². The van der Waals surface area contributed by atoms with Gasteiger partial charge < -0.3 is 24.2 Å². The van der Waals surface area contributed by atoms with E-state index in [9.17, 15) is 14.7 Å². The molecule has 6 rings (SSSR count). The molecule has 0 saturated carbocycles. The molecule has 3 aliphatic heterocycles. The molecule has 3 aliphatic rings. The molecule has 1 atom stereocenters. The summed E-state index contributed by atoms with van der Waals surface area (Å²) in [4.78, 5) is 40.4. The lowest BCUT2D eigenvalue weighted by Gasteiger charge is -2.36. The van der Waals surface area contributed by atoms with Gasteiger partial charge in [-0.1, -0.05) is 26.8 Å². The average Bonchev–Trinajstić information content (AvgIpc) is 3.21. The van der Waals surface area contributed by atoms with Crippen LogP contribution in [0.5, 0.6) is 0 Å². The maximum Gasteiger partial charge on any atom is 0.343 e. The lowest BCUT2D eigenvalue weighted by atomic mass is 9.86. The molecule has 1 N–H and O–H groups in total. The summed E-state index contributed by atoms with van der Waals surface area (Å²) in [6, 6.07) is 7.66. The number of guanidine groups is 1. The van der Waals surface area contributed by atoms with Gasteiger partial charge in [-0.25, -0.2) is 14.8 Å². The minimum Gasteiger partial charge on any atom is -0.458 e. The highest BCUT2D eigenvalue weighted by molar-refractivity contribution is 6.15. The Morgan fingerprint density at radius 1 is 1.22 bits per heavy atom. The van der Waals surface area contributed by atoms with Crippen LogP contribution in [0.15, 0.2) is 34.1 Å². The Bertz CT molecular complexity index is 1550. The second-order valence-electron chi connectivity index (χ2n) is 10.4. The third-order valence-electron chi connectivity index (χ3n) is 7.34. The van der Waals surface area contributed by atoms with Crippen LogP contribution in [0.1, 0.15) is 43.9 Å². The standard InChI is InChI=1S/C27H29N5O4/c1-6-27(35)17-10-20-22-15(12-31(20)24(33)16(17)13-36-25(27)34)23-21-18(28-22)8-7-9-19(21)29-26(30(4)5)32(23)11-14(2)3/h7-10,14,35H,6,11-13H2,1-5H3/t27-/m0/s1. The van der Waals surface area contributed by atoms with E-state index in [0.29, 0.717) is 35.0 Å². The van der Waals surface area contributed by atoms with Crippen LogP contribution in [-0.4, -0.2) is 52.1 Å². The third-order valence-corrected chi connectivity index (χ3v) is 7.34. The van der Waals surface area contributed by atoms with Gasteiger partial charge in [0.25, 0.3) is 5.56 Å². The summed E-state index contributed by atoms with van der Waals surface area (Å²) in [7, 11) is 3.96. The van der Waals surface area contributed by atoms with E-state index in [1.807, 2.05) is 37.2 Å². The molecule has 9 nitrogen and oxygen atoms in total. The van der Waals surface area contributed by atoms with Crippen molar-refractivity contribution in [3.8, 4) is 11.4 Å². The van der Waals surface area contributed by atoms with Crippen molar-refractivity contribution in [1.82, 2.24) is 14.5 Å². The first kappa shape index (κ1) is 22.7. The number of aliphatic hydroxyl groups is 1. The number of anilines is 1. The van der Waals surface area contributed by atoms with Gasteiger partial charge >= 0.3 is 5.97 Å². The third kappa shape index (κ3) is 2.92. The fraction of sp³-hybridized carbons (Fsp3) is 0.407. The van der Waals surface area contributed by atoms with Crippen LogP contribution in [0.4, 0.5) is 11.4 Å². The summed E-state index contributed by atoms with van der Waals surface area (Å²) in [5.74, 6) is 0.473. The van der Waals surface area contributed by atoms with Crippen molar-refractivity contribution in [2.45, 2.75) is 45.9 Å². The van der Waals surface area contributed by atoms with Crippen LogP contribution in [0.25, 0.3) is 22.3 Å². The van der Waals surface area contributed by atoms with Gasteiger partial charge in [-0.05, 0) is 30.5 Å². The molecule has 5 heterocycles. The summed E-state index contributed by atoms with van der Waals surface area (Å²) in [6.45, 7) is 6.99. The summed E-state index contributed by atoms with van der Waals surface area (Å²) in [5, 5.41) is 12.2. The maximum atomic E-state index is 13.7. The molecule has 3 aromatic rings. The van der Waals surface area contributed by atoms with E-state index in [2.05, 4.69) is 18.7 Å². The molecule has 1 aromatic carbocycles. The number of aliphatic imine (C=N–C) groups is 1. The fourth-order valence-electron chi connectivity index (χ4n) is 5.63. The number of aromatic nitrogens is 2. The summed E-state index contributed by atoms with van der Waals surface area (Å²) >= 11 is 0. The average molecular weight is 488 g/mol. The monoisotopic (exact) mass is 487 g/mol. The van der Waals surface area contributed by atoms with Crippen molar-refractivity contribution in [2.24, 2.45) is 10.9 Å². The Labute approximate surface area is 208 Å². The van der Waals surface area contributed by atoms with Crippen molar-refractivity contribution in [3.05, 3.63) is 51.3 Å². The van der Waals surface area contributed by atoms with Crippen molar-refractivity contribution in [1.29, 1.82) is 0 Å². The molecule has 2 aromatic heterocycles. The summed E-state index contributed by atoms with van der Waals surface area (Å²) < 4.78 is 6.91. The molecule has 0 fully saturated rings. The number of hydrogen-bond donors (Lipinski definition) is 1. The summed E-state index contributed by atoms with van der Waals surface area (Å²) in [6.07, 6.45) is 0.110. The number of nitrogens with zero attached hydrogens (tertiary/aromatic N) is 5. The van der Waals surface area contributed by atoms with Crippen LogP contribution in [0, 0.1) is 5.92 Å². The first-order valence-corrected chi connectivity index (χ1v) is 12.3. The van der Waals surface area contributed by atoms with Gasteiger partial charge in [0, 0.05) is 31.8 Å². The van der Waals surface area contributed by atoms with E-state index in [-0.39, 0.29) is 18.6 Å². The predicted molar refractivity (Wildman–Crippen MR) is 137 cm³/mol. The number of carbonyl (C=O) groups excluding carboxylic acids is 1. The number of ether oxygens (including phenoxy) is 1. The second-order valence-corrected chi connectivity index (χ2v) is 10.4. The Morgan fingerprint density at radius 2 is 2.00 bits per heavy atom. The minimum absolute atomic E-state index is 0.110. The number of benzene rings is 1. The van der Waals surface area contributed by atoms with E-state index in [1.165, 1.54) is 0 Å². The van der Waals surface area contributed by atoms with E-state index in [0.717, 1.165) is 40.3 Å². The molecular weight excluding hydrogens is 458 g/mol. The normalized spacial score (nSPS) is 19.7. The molecule has 0 spiro atoms. The fourth-order valence-corrected chi connectivity index (χ4v) is 5.63. The second kappa shape index (κ2) is 7.64. The number of pyridine rings is 2. The number of rotatable bonds is 3. The lowest BCUT2D eigenvalue weighted by molar-refractivity contribution is -0.172. The smallest absolute Gasteiger partial charge is 0.343 e. The highest BCUT2D eigenvalue weighted by Gasteiger charge is 2.46. The zero-order chi connectivity index (χ0) is 25.5. The largest absolute Gasteiger partial charge is 0.458 e. The van der Waals surface area contributed by atoms with Crippen molar-refractivity contribution < 1.29 is 14.6 Å². The molecule has 36 heavy (non-hydrogen) atoms. The van der Waals surface area contributed by atoms with Gasteiger partial charge in [0.2, 0.25) is 5.96 Å². The van der Waals surface area contributed by atoms with Gasteiger partial charge in [-0.2, -0.15) is 0 Å². The van der Waals surface area contributed by atoms with Gasteiger partial charge in [-0.3, -0.25) is 4.79 Å². The minimum atomic E-state index is -1.85. The van der Waals surface area contributed by atoms with E-state index in [1.54, 1.807) is 17.6 Å². The molecule has 186 valence electrons. The first-order valence-electron chi connectivity index (χ1n) is 12.3. The van der Waals surface area contributed by atoms with Crippen LogP contribution in [0.2, 0.25) is 0 Å². The zero-order valence-corrected chi connectivity index (χ0v) is 21.1. The molecule has 0 saturated heterocycles. The van der Waals surface area contributed by atoms with Crippen molar-refractivity contribution >= 4 is 34.2 Å². The van der Waals surface area contributed by atoms with Crippen LogP contribution in [-0.2, 0) is 28.3 Å². The number of cyclic esters (lactones) is 1. The number of hydrogen-bond acceptors (Lipinski definition) is 8. The van der Waals surface area contributed by atoms with Crippen LogP contribution in [0.3, 0.4) is 0 Å². The first-order chi connectivity index (χ1) is 17.2. The van der Waals surface area contributed by atoms with Crippen LogP contribution < -0.4 is 10.5 Å². The predicted octanol–water partition coefficient (Wildman–Crippen LogP) is 3.10. The van der Waals surface area contributed by atoms with Gasteiger partial charge in [0.1, 0.15) is 6.61 Å². The van der Waals surface area contributed by atoms with Gasteiger partial charge in [0.05, 0.1) is 45.8 Å². The number of carbonyl (C=O) groups is 1. The van der Waals surface area contributed by atoms with Crippen LogP contribution >= 0.6 is 0 Å².